The third-order valence-corrected chi connectivity index (χ3v) is 3.42. The summed E-state index contributed by atoms with van der Waals surface area (Å²) in [7, 11) is 0. The summed E-state index contributed by atoms with van der Waals surface area (Å²) in [5, 5.41) is 11.5. The maximum absolute atomic E-state index is 13.3. The molecule has 5 heteroatoms. The third kappa shape index (κ3) is 4.55. The Hall–Kier alpha value is -1.90. The number of hydrogen-bond donors (Lipinski definition) is 2. The van der Waals surface area contributed by atoms with Crippen molar-refractivity contribution in [3.8, 4) is 11.8 Å². The van der Waals surface area contributed by atoms with Crippen LogP contribution in [0, 0.1) is 23.6 Å². The van der Waals surface area contributed by atoms with Gasteiger partial charge < -0.3 is 15.2 Å². The van der Waals surface area contributed by atoms with Crippen LogP contribution < -0.4 is 5.32 Å². The molecule has 0 aromatic heterocycles. The minimum atomic E-state index is -0.485. The molecular formula is C16H18FNO3. The summed E-state index contributed by atoms with van der Waals surface area (Å²) in [4.78, 5) is 12.2. The van der Waals surface area contributed by atoms with Crippen molar-refractivity contribution in [2.75, 3.05) is 26.4 Å². The van der Waals surface area contributed by atoms with Crippen molar-refractivity contribution < 1.29 is 19.0 Å². The molecule has 1 aliphatic rings. The van der Waals surface area contributed by atoms with Crippen LogP contribution in [0.1, 0.15) is 28.8 Å². The zero-order valence-electron chi connectivity index (χ0n) is 11.7. The maximum atomic E-state index is 13.3. The number of hydrogen-bond acceptors (Lipinski definition) is 3. The fourth-order valence-corrected chi connectivity index (χ4v) is 2.23. The van der Waals surface area contributed by atoms with Crippen molar-refractivity contribution in [1.82, 2.24) is 5.32 Å². The Morgan fingerprint density at radius 2 is 2.19 bits per heavy atom. The van der Waals surface area contributed by atoms with E-state index in [9.17, 15) is 9.18 Å². The lowest BCUT2D eigenvalue weighted by molar-refractivity contribution is 0.0642. The van der Waals surface area contributed by atoms with Crippen LogP contribution in [0.25, 0.3) is 0 Å². The number of aliphatic hydroxyl groups is 1. The zero-order valence-corrected chi connectivity index (χ0v) is 11.7. The minimum absolute atomic E-state index is 0.197. The molecule has 1 heterocycles. The van der Waals surface area contributed by atoms with Gasteiger partial charge in [0.1, 0.15) is 12.4 Å². The second-order valence-corrected chi connectivity index (χ2v) is 4.92. The summed E-state index contributed by atoms with van der Waals surface area (Å²) in [6.07, 6.45) is 1.83. The largest absolute Gasteiger partial charge is 0.384 e. The molecule has 1 amide bonds. The van der Waals surface area contributed by atoms with E-state index in [-0.39, 0.29) is 18.1 Å². The van der Waals surface area contributed by atoms with Crippen molar-refractivity contribution >= 4 is 5.91 Å². The molecule has 21 heavy (non-hydrogen) atoms. The second-order valence-electron chi connectivity index (χ2n) is 4.92. The van der Waals surface area contributed by atoms with Gasteiger partial charge in [-0.1, -0.05) is 11.8 Å². The van der Waals surface area contributed by atoms with E-state index in [1.165, 1.54) is 18.2 Å². The zero-order chi connectivity index (χ0) is 15.1. The first-order valence-corrected chi connectivity index (χ1v) is 6.96. The highest BCUT2D eigenvalue weighted by Crippen LogP contribution is 2.14. The molecule has 1 saturated heterocycles. The van der Waals surface area contributed by atoms with Gasteiger partial charge in [-0.2, -0.15) is 0 Å². The molecule has 0 bridgehead atoms. The third-order valence-electron chi connectivity index (χ3n) is 3.42. The smallest absolute Gasteiger partial charge is 0.252 e. The van der Waals surface area contributed by atoms with Crippen LogP contribution in [-0.2, 0) is 4.74 Å². The number of carbonyl (C=O) groups is 1. The molecular weight excluding hydrogens is 273 g/mol. The first kappa shape index (κ1) is 15.5. The standard InChI is InChI=1S/C16H18FNO3/c17-14-4-3-13(2-1-7-19)15(10-14)16(20)18-11-12-5-8-21-9-6-12/h3-4,10,12,19H,5-9,11H2,(H,18,20). The Morgan fingerprint density at radius 1 is 1.43 bits per heavy atom. The number of halogens is 1. The van der Waals surface area contributed by atoms with Gasteiger partial charge in [0.15, 0.2) is 0 Å². The molecule has 0 atom stereocenters. The number of nitrogens with one attached hydrogen (secondary N) is 1. The van der Waals surface area contributed by atoms with Gasteiger partial charge in [-0.25, -0.2) is 4.39 Å². The maximum Gasteiger partial charge on any atom is 0.252 e. The summed E-state index contributed by atoms with van der Waals surface area (Å²) in [6, 6.07) is 3.86. The Morgan fingerprint density at radius 3 is 2.90 bits per heavy atom. The summed E-state index contributed by atoms with van der Waals surface area (Å²) >= 11 is 0. The number of aliphatic hydroxyl groups excluding tert-OH is 1. The van der Waals surface area contributed by atoms with Crippen LogP contribution >= 0.6 is 0 Å². The number of ether oxygens (including phenoxy) is 1. The molecule has 0 spiro atoms. The molecule has 0 saturated carbocycles. The molecule has 1 aromatic carbocycles. The van der Waals surface area contributed by atoms with Crippen LogP contribution in [0.2, 0.25) is 0 Å². The molecule has 0 aliphatic carbocycles. The SMILES string of the molecule is O=C(NCC1CCOCC1)c1cc(F)ccc1C#CCO. The number of rotatable bonds is 3. The summed E-state index contributed by atoms with van der Waals surface area (Å²) in [5.41, 5.74) is 0.609. The van der Waals surface area contributed by atoms with Crippen molar-refractivity contribution in [2.24, 2.45) is 5.92 Å². The van der Waals surface area contributed by atoms with Crippen molar-refractivity contribution in [2.45, 2.75) is 12.8 Å². The number of carbonyl (C=O) groups excluding carboxylic acids is 1. The predicted molar refractivity (Wildman–Crippen MR) is 76.2 cm³/mol. The average molecular weight is 291 g/mol. The van der Waals surface area contributed by atoms with E-state index in [0.717, 1.165) is 12.8 Å². The van der Waals surface area contributed by atoms with Gasteiger partial charge in [-0.05, 0) is 37.0 Å². The van der Waals surface area contributed by atoms with Crippen LogP contribution in [-0.4, -0.2) is 37.4 Å². The highest BCUT2D eigenvalue weighted by atomic mass is 19.1. The van der Waals surface area contributed by atoms with Crippen molar-refractivity contribution in [1.29, 1.82) is 0 Å². The first-order valence-electron chi connectivity index (χ1n) is 6.96. The monoisotopic (exact) mass is 291 g/mol. The van der Waals surface area contributed by atoms with E-state index >= 15 is 0 Å². The quantitative estimate of drug-likeness (QED) is 0.826. The van der Waals surface area contributed by atoms with Gasteiger partial charge in [0.05, 0.1) is 5.56 Å². The number of amides is 1. The normalized spacial score (nSPS) is 15.1. The summed E-state index contributed by atoms with van der Waals surface area (Å²) < 4.78 is 18.6. The van der Waals surface area contributed by atoms with E-state index in [0.29, 0.717) is 31.2 Å². The fourth-order valence-electron chi connectivity index (χ4n) is 2.23. The van der Waals surface area contributed by atoms with Crippen LogP contribution in [0.3, 0.4) is 0 Å². The fraction of sp³-hybridized carbons (Fsp3) is 0.438. The van der Waals surface area contributed by atoms with E-state index in [4.69, 9.17) is 9.84 Å². The molecule has 4 nitrogen and oxygen atoms in total. The summed E-state index contributed by atoms with van der Waals surface area (Å²) in [5.74, 6) is 4.70. The van der Waals surface area contributed by atoms with Gasteiger partial charge in [-0.3, -0.25) is 4.79 Å². The Labute approximate surface area is 123 Å². The van der Waals surface area contributed by atoms with Crippen molar-refractivity contribution in [3.63, 3.8) is 0 Å². The van der Waals surface area contributed by atoms with Gasteiger partial charge in [0.2, 0.25) is 0 Å². The summed E-state index contributed by atoms with van der Waals surface area (Å²) in [6.45, 7) is 1.67. The Balaban J connectivity index is 2.04. The van der Waals surface area contributed by atoms with Crippen molar-refractivity contribution in [3.05, 3.63) is 35.1 Å². The molecule has 1 fully saturated rings. The highest BCUT2D eigenvalue weighted by molar-refractivity contribution is 5.96. The predicted octanol–water partition coefficient (Wildman–Crippen LogP) is 1.33. The molecule has 0 unspecified atom stereocenters. The van der Waals surface area contributed by atoms with E-state index in [1.54, 1.807) is 0 Å². The molecule has 1 aliphatic heterocycles. The topological polar surface area (TPSA) is 58.6 Å². The first-order chi connectivity index (χ1) is 10.2. The van der Waals surface area contributed by atoms with E-state index < -0.39 is 5.82 Å². The van der Waals surface area contributed by atoms with E-state index in [1.807, 2.05) is 0 Å². The number of benzene rings is 1. The lowest BCUT2D eigenvalue weighted by Crippen LogP contribution is -2.32. The lowest BCUT2D eigenvalue weighted by Gasteiger charge is -2.22. The molecule has 2 N–H and O–H groups in total. The molecule has 112 valence electrons. The highest BCUT2D eigenvalue weighted by Gasteiger charge is 2.16. The second kappa shape index (κ2) is 7.77. The molecule has 1 aromatic rings. The van der Waals surface area contributed by atoms with Gasteiger partial charge in [-0.15, -0.1) is 0 Å². The van der Waals surface area contributed by atoms with Crippen LogP contribution in [0.4, 0.5) is 4.39 Å². The lowest BCUT2D eigenvalue weighted by atomic mass is 10.00. The van der Waals surface area contributed by atoms with Crippen LogP contribution in [0.5, 0.6) is 0 Å². The van der Waals surface area contributed by atoms with Crippen LogP contribution in [0.15, 0.2) is 18.2 Å². The Kier molecular flexibility index (Phi) is 5.73. The van der Waals surface area contributed by atoms with E-state index in [2.05, 4.69) is 17.2 Å². The van der Waals surface area contributed by atoms with Gasteiger partial charge >= 0.3 is 0 Å². The van der Waals surface area contributed by atoms with Gasteiger partial charge in [0, 0.05) is 25.3 Å². The average Bonchev–Trinajstić information content (AvgIpc) is 2.52. The molecule has 2 rings (SSSR count). The Bertz CT molecular complexity index is 556. The minimum Gasteiger partial charge on any atom is -0.384 e. The van der Waals surface area contributed by atoms with Gasteiger partial charge in [0.25, 0.3) is 5.91 Å². The molecule has 0 radical (unpaired) electrons.